The first-order valence-corrected chi connectivity index (χ1v) is 10.4. The Morgan fingerprint density at radius 3 is 2.33 bits per heavy atom. The highest BCUT2D eigenvalue weighted by Gasteiger charge is 2.19. The number of morpholine rings is 1. The number of ether oxygens (including phenoxy) is 1. The molecule has 1 saturated heterocycles. The van der Waals surface area contributed by atoms with Crippen LogP contribution in [0.4, 0.5) is 11.5 Å². The van der Waals surface area contributed by atoms with Crippen molar-refractivity contribution >= 4 is 21.5 Å². The average molecular weight is 391 g/mol. The minimum Gasteiger partial charge on any atom is -0.379 e. The Balaban J connectivity index is 1.69. The molecular weight excluding hydrogens is 364 g/mol. The first kappa shape index (κ1) is 19.6. The van der Waals surface area contributed by atoms with Gasteiger partial charge in [0, 0.05) is 45.1 Å². The van der Waals surface area contributed by atoms with Crippen LogP contribution in [0.2, 0.25) is 0 Å². The summed E-state index contributed by atoms with van der Waals surface area (Å²) in [5.74, 6) is 0.704. The van der Waals surface area contributed by atoms with Gasteiger partial charge in [-0.1, -0.05) is 12.1 Å². The number of pyridine rings is 1. The minimum absolute atomic E-state index is 0.138. The number of aromatic nitrogens is 1. The van der Waals surface area contributed by atoms with Crippen molar-refractivity contribution in [1.82, 2.24) is 9.88 Å². The number of nitrogens with zero attached hydrogens (tertiary/aromatic N) is 3. The van der Waals surface area contributed by atoms with Crippen LogP contribution in [0.5, 0.6) is 0 Å². The van der Waals surface area contributed by atoms with Gasteiger partial charge in [0.2, 0.25) is 0 Å². The number of anilines is 2. The topological polar surface area (TPSA) is 74.8 Å². The summed E-state index contributed by atoms with van der Waals surface area (Å²) < 4.78 is 33.1. The van der Waals surface area contributed by atoms with Crippen molar-refractivity contribution in [3.8, 4) is 0 Å². The summed E-state index contributed by atoms with van der Waals surface area (Å²) in [5.41, 5.74) is 1.68. The van der Waals surface area contributed by atoms with Crippen LogP contribution >= 0.6 is 0 Å². The molecule has 0 aliphatic carbocycles. The zero-order valence-electron chi connectivity index (χ0n) is 15.9. The maximum atomic E-state index is 12.6. The monoisotopic (exact) mass is 390 g/mol. The highest BCUT2D eigenvalue weighted by atomic mass is 32.2. The second-order valence-corrected chi connectivity index (χ2v) is 8.48. The molecule has 1 aliphatic heterocycles. The molecule has 0 spiro atoms. The molecular formula is C19H26N4O3S. The average Bonchev–Trinajstić information content (AvgIpc) is 2.68. The van der Waals surface area contributed by atoms with Crippen molar-refractivity contribution in [2.75, 3.05) is 50.0 Å². The molecule has 27 heavy (non-hydrogen) atoms. The fourth-order valence-corrected chi connectivity index (χ4v) is 4.02. The molecule has 1 unspecified atom stereocenters. The number of sulfonamides is 1. The molecule has 8 heteroatoms. The van der Waals surface area contributed by atoms with Gasteiger partial charge in [-0.2, -0.15) is 0 Å². The van der Waals surface area contributed by atoms with E-state index in [1.807, 2.05) is 31.1 Å². The molecule has 7 nitrogen and oxygen atoms in total. The Labute approximate surface area is 161 Å². The molecule has 0 saturated carbocycles. The molecule has 0 radical (unpaired) electrons. The fraction of sp³-hybridized carbons (Fsp3) is 0.421. The first-order valence-electron chi connectivity index (χ1n) is 8.95. The lowest BCUT2D eigenvalue weighted by Gasteiger charge is -2.32. The zero-order valence-corrected chi connectivity index (χ0v) is 16.7. The van der Waals surface area contributed by atoms with Gasteiger partial charge in [0.15, 0.2) is 0 Å². The van der Waals surface area contributed by atoms with Crippen LogP contribution in [0.3, 0.4) is 0 Å². The summed E-state index contributed by atoms with van der Waals surface area (Å²) >= 11 is 0. The van der Waals surface area contributed by atoms with Gasteiger partial charge in [0.25, 0.3) is 10.0 Å². The highest BCUT2D eigenvalue weighted by molar-refractivity contribution is 7.92. The standard InChI is InChI=1S/C19H26N4O3S/c1-15(23-10-12-26-13-11-23)16-4-6-17(7-5-16)21-27(24,25)18-8-9-19(20-14-18)22(2)3/h4-9,14-15,21H,10-13H2,1-3H3. The smallest absolute Gasteiger partial charge is 0.263 e. The van der Waals surface area contributed by atoms with Crippen LogP contribution in [0, 0.1) is 0 Å². The van der Waals surface area contributed by atoms with E-state index in [4.69, 9.17) is 4.74 Å². The van der Waals surface area contributed by atoms with E-state index in [1.165, 1.54) is 6.20 Å². The van der Waals surface area contributed by atoms with Gasteiger partial charge in [0.1, 0.15) is 10.7 Å². The quantitative estimate of drug-likeness (QED) is 0.816. The number of hydrogen-bond acceptors (Lipinski definition) is 6. The number of hydrogen-bond donors (Lipinski definition) is 1. The summed E-state index contributed by atoms with van der Waals surface area (Å²) in [4.78, 5) is 8.48. The third-order valence-electron chi connectivity index (χ3n) is 4.73. The van der Waals surface area contributed by atoms with Crippen LogP contribution in [0.15, 0.2) is 47.5 Å². The third-order valence-corrected chi connectivity index (χ3v) is 6.09. The van der Waals surface area contributed by atoms with E-state index < -0.39 is 10.0 Å². The van der Waals surface area contributed by atoms with Crippen molar-refractivity contribution in [3.05, 3.63) is 48.2 Å². The van der Waals surface area contributed by atoms with Crippen LogP contribution in [0.25, 0.3) is 0 Å². The summed E-state index contributed by atoms with van der Waals surface area (Å²) in [5, 5.41) is 0. The summed E-state index contributed by atoms with van der Waals surface area (Å²) in [6.45, 7) is 5.48. The summed E-state index contributed by atoms with van der Waals surface area (Å²) in [6, 6.07) is 11.0. The largest absolute Gasteiger partial charge is 0.379 e. The molecule has 1 N–H and O–H groups in total. The Kier molecular flexibility index (Phi) is 5.98. The lowest BCUT2D eigenvalue weighted by molar-refractivity contribution is 0.0198. The molecule has 1 fully saturated rings. The van der Waals surface area contributed by atoms with Gasteiger partial charge in [-0.15, -0.1) is 0 Å². The predicted octanol–water partition coefficient (Wildman–Crippen LogP) is 2.34. The number of benzene rings is 1. The molecule has 2 heterocycles. The number of nitrogens with one attached hydrogen (secondary N) is 1. The van der Waals surface area contributed by atoms with Crippen LogP contribution in [0.1, 0.15) is 18.5 Å². The maximum absolute atomic E-state index is 12.6. The van der Waals surface area contributed by atoms with Gasteiger partial charge in [-0.25, -0.2) is 13.4 Å². The molecule has 3 rings (SSSR count). The second kappa shape index (κ2) is 8.24. The van der Waals surface area contributed by atoms with Gasteiger partial charge in [0.05, 0.1) is 13.2 Å². The van der Waals surface area contributed by atoms with Crippen molar-refractivity contribution in [1.29, 1.82) is 0 Å². The maximum Gasteiger partial charge on any atom is 0.263 e. The summed E-state index contributed by atoms with van der Waals surface area (Å²) in [6.07, 6.45) is 1.37. The van der Waals surface area contributed by atoms with Crippen molar-refractivity contribution in [3.63, 3.8) is 0 Å². The predicted molar refractivity (Wildman–Crippen MR) is 107 cm³/mol. The highest BCUT2D eigenvalue weighted by Crippen LogP contribution is 2.24. The Morgan fingerprint density at radius 2 is 1.78 bits per heavy atom. The lowest BCUT2D eigenvalue weighted by Crippen LogP contribution is -2.37. The molecule has 1 aliphatic rings. The molecule has 146 valence electrons. The van der Waals surface area contributed by atoms with E-state index >= 15 is 0 Å². The molecule has 0 amide bonds. The van der Waals surface area contributed by atoms with Crippen LogP contribution in [-0.4, -0.2) is 58.7 Å². The third kappa shape index (κ3) is 4.77. The fourth-order valence-electron chi connectivity index (χ4n) is 3.02. The normalized spacial score (nSPS) is 16.7. The Morgan fingerprint density at radius 1 is 1.11 bits per heavy atom. The van der Waals surface area contributed by atoms with Crippen molar-refractivity contribution in [2.45, 2.75) is 17.9 Å². The molecule has 2 aromatic rings. The lowest BCUT2D eigenvalue weighted by atomic mass is 10.1. The van der Waals surface area contributed by atoms with Gasteiger partial charge >= 0.3 is 0 Å². The Bertz CT molecular complexity index is 846. The summed E-state index contributed by atoms with van der Waals surface area (Å²) in [7, 11) is 0.0434. The van der Waals surface area contributed by atoms with E-state index in [0.717, 1.165) is 31.9 Å². The molecule has 1 atom stereocenters. The molecule has 1 aromatic carbocycles. The van der Waals surface area contributed by atoms with Gasteiger partial charge in [-0.3, -0.25) is 9.62 Å². The van der Waals surface area contributed by atoms with Crippen molar-refractivity contribution in [2.24, 2.45) is 0 Å². The van der Waals surface area contributed by atoms with Gasteiger partial charge < -0.3 is 9.64 Å². The zero-order chi connectivity index (χ0) is 19.4. The van der Waals surface area contributed by atoms with E-state index in [0.29, 0.717) is 11.5 Å². The number of rotatable bonds is 6. The SMILES string of the molecule is CC(c1ccc(NS(=O)(=O)c2ccc(N(C)C)nc2)cc1)N1CCOCC1. The van der Waals surface area contributed by atoms with Crippen molar-refractivity contribution < 1.29 is 13.2 Å². The minimum atomic E-state index is -3.67. The van der Waals surface area contributed by atoms with E-state index in [1.54, 1.807) is 24.3 Å². The van der Waals surface area contributed by atoms with E-state index in [2.05, 4.69) is 21.5 Å². The molecule has 0 bridgehead atoms. The molecule has 1 aromatic heterocycles. The van der Waals surface area contributed by atoms with E-state index in [-0.39, 0.29) is 10.9 Å². The van der Waals surface area contributed by atoms with Crippen LogP contribution < -0.4 is 9.62 Å². The van der Waals surface area contributed by atoms with E-state index in [9.17, 15) is 8.42 Å². The Hall–Kier alpha value is -2.16. The second-order valence-electron chi connectivity index (χ2n) is 6.80. The van der Waals surface area contributed by atoms with Crippen LogP contribution in [-0.2, 0) is 14.8 Å². The first-order chi connectivity index (χ1) is 12.9. The van der Waals surface area contributed by atoms with Gasteiger partial charge in [-0.05, 0) is 36.8 Å².